The van der Waals surface area contributed by atoms with Gasteiger partial charge in [-0.25, -0.2) is 9.98 Å². The summed E-state index contributed by atoms with van der Waals surface area (Å²) in [5.41, 5.74) is 4.23. The minimum atomic E-state index is -0.173. The van der Waals surface area contributed by atoms with Crippen LogP contribution in [0, 0.1) is 5.92 Å². The number of aliphatic imine (C=N–C) groups is 1. The average Bonchev–Trinajstić information content (AvgIpc) is 3.18. The Labute approximate surface area is 157 Å². The molecule has 1 aliphatic heterocycles. The van der Waals surface area contributed by atoms with E-state index in [1.807, 2.05) is 36.7 Å². The van der Waals surface area contributed by atoms with E-state index in [1.54, 1.807) is 11.3 Å². The lowest BCUT2D eigenvalue weighted by molar-refractivity contribution is -0.115. The minimum absolute atomic E-state index is 0.0191. The highest BCUT2D eigenvalue weighted by atomic mass is 32.1. The first kappa shape index (κ1) is 18.5. The molecule has 6 nitrogen and oxygen atoms in total. The summed E-state index contributed by atoms with van der Waals surface area (Å²) < 4.78 is 6.62. The number of carbonyl (C=O) groups is 1. The summed E-state index contributed by atoms with van der Waals surface area (Å²) in [5.74, 6) is 0.821. The van der Waals surface area contributed by atoms with Crippen LogP contribution in [0.3, 0.4) is 0 Å². The van der Waals surface area contributed by atoms with Crippen LogP contribution in [0.15, 0.2) is 34.4 Å². The average molecular weight is 372 g/mol. The maximum absolute atomic E-state index is 12.3. The van der Waals surface area contributed by atoms with Crippen LogP contribution in [0.2, 0.25) is 0 Å². The van der Waals surface area contributed by atoms with Crippen LogP contribution in [0.5, 0.6) is 0 Å². The number of amides is 1. The molecule has 0 bridgehead atoms. The summed E-state index contributed by atoms with van der Waals surface area (Å²) >= 11 is 1.58. The molecule has 3 rings (SSSR count). The van der Waals surface area contributed by atoms with Crippen LogP contribution in [0.4, 0.5) is 0 Å². The van der Waals surface area contributed by atoms with Crippen LogP contribution in [0.25, 0.3) is 16.3 Å². The number of ether oxygens (including phenoxy) is 1. The van der Waals surface area contributed by atoms with Gasteiger partial charge in [-0.3, -0.25) is 10.1 Å². The van der Waals surface area contributed by atoms with Gasteiger partial charge < -0.3 is 10.1 Å². The number of carbonyl (C=O) groups excluding carboxylic acids is 1. The number of thiazole rings is 1. The van der Waals surface area contributed by atoms with Crippen molar-refractivity contribution in [2.75, 3.05) is 13.2 Å². The van der Waals surface area contributed by atoms with E-state index < -0.39 is 0 Å². The topological polar surface area (TPSA) is 75.6 Å². The number of fused-ring (bicyclic) bond motifs is 1. The highest BCUT2D eigenvalue weighted by Gasteiger charge is 2.23. The van der Waals surface area contributed by atoms with Crippen molar-refractivity contribution in [3.05, 3.63) is 35.0 Å². The van der Waals surface area contributed by atoms with Crippen LogP contribution in [0.1, 0.15) is 32.8 Å². The number of hydrogen-bond donors (Lipinski definition) is 2. The molecule has 1 aliphatic rings. The molecule has 0 saturated carbocycles. The number of nitrogens with zero attached hydrogens (tertiary/aromatic N) is 2. The first-order chi connectivity index (χ1) is 12.5. The van der Waals surface area contributed by atoms with E-state index in [0.29, 0.717) is 30.8 Å². The van der Waals surface area contributed by atoms with Crippen molar-refractivity contribution in [2.45, 2.75) is 33.2 Å². The Bertz CT molecular complexity index is 841. The third-order valence-corrected chi connectivity index (χ3v) is 4.76. The molecule has 1 unspecified atom stereocenters. The molecule has 2 heterocycles. The van der Waals surface area contributed by atoms with Crippen molar-refractivity contribution in [1.82, 2.24) is 15.6 Å². The standard InChI is InChI=1S/C19H24N4O2S/c1-4-25-10-14(7-12(2)3)21-19-22-16(18(24)23-19)8-13-5-6-15-17(9-13)26-11-20-15/h5-6,8-9,11-12,14H,4,7,10H2,1-3H3,(H2,21,22,23,24)/b16-8-. The molecule has 1 fully saturated rings. The lowest BCUT2D eigenvalue weighted by Gasteiger charge is -2.15. The Morgan fingerprint density at radius 2 is 2.19 bits per heavy atom. The van der Waals surface area contributed by atoms with Gasteiger partial charge in [-0.1, -0.05) is 19.9 Å². The van der Waals surface area contributed by atoms with E-state index in [1.165, 1.54) is 0 Å². The third-order valence-electron chi connectivity index (χ3n) is 3.97. The van der Waals surface area contributed by atoms with Gasteiger partial charge >= 0.3 is 0 Å². The summed E-state index contributed by atoms with van der Waals surface area (Å²) in [4.78, 5) is 21.2. The maximum atomic E-state index is 12.3. The molecule has 0 aliphatic carbocycles. The number of aromatic nitrogens is 1. The normalized spacial score (nSPS) is 18.7. The Morgan fingerprint density at radius 1 is 1.35 bits per heavy atom. The third kappa shape index (κ3) is 4.68. The van der Waals surface area contributed by atoms with E-state index in [4.69, 9.17) is 4.74 Å². The van der Waals surface area contributed by atoms with Crippen molar-refractivity contribution < 1.29 is 9.53 Å². The second kappa shape index (κ2) is 8.42. The number of rotatable bonds is 7. The predicted octanol–water partition coefficient (Wildman–Crippen LogP) is 3.16. The number of hydrogen-bond acceptors (Lipinski definition) is 5. The number of nitrogens with one attached hydrogen (secondary N) is 2. The molecule has 2 aromatic rings. The molecule has 26 heavy (non-hydrogen) atoms. The van der Waals surface area contributed by atoms with Crippen molar-refractivity contribution >= 4 is 39.5 Å². The summed E-state index contributed by atoms with van der Waals surface area (Å²) in [6.45, 7) is 7.48. The van der Waals surface area contributed by atoms with E-state index in [2.05, 4.69) is 34.5 Å². The molecular weight excluding hydrogens is 348 g/mol. The van der Waals surface area contributed by atoms with Crippen molar-refractivity contribution in [3.63, 3.8) is 0 Å². The summed E-state index contributed by atoms with van der Waals surface area (Å²) in [6, 6.07) is 5.96. The van der Waals surface area contributed by atoms with E-state index in [9.17, 15) is 4.79 Å². The van der Waals surface area contributed by atoms with Crippen LogP contribution >= 0.6 is 11.3 Å². The summed E-state index contributed by atoms with van der Waals surface area (Å²) in [6.07, 6.45) is 2.74. The van der Waals surface area contributed by atoms with Crippen LogP contribution < -0.4 is 10.6 Å². The molecule has 1 aromatic carbocycles. The van der Waals surface area contributed by atoms with Gasteiger partial charge in [0, 0.05) is 6.61 Å². The first-order valence-corrected chi connectivity index (χ1v) is 9.72. The maximum Gasteiger partial charge on any atom is 0.274 e. The smallest absolute Gasteiger partial charge is 0.274 e. The largest absolute Gasteiger partial charge is 0.380 e. The molecule has 1 saturated heterocycles. The number of guanidine groups is 1. The molecule has 0 radical (unpaired) electrons. The van der Waals surface area contributed by atoms with Gasteiger partial charge in [-0.05, 0) is 43.0 Å². The minimum Gasteiger partial charge on any atom is -0.380 e. The fourth-order valence-electron chi connectivity index (χ4n) is 2.82. The van der Waals surface area contributed by atoms with Crippen LogP contribution in [-0.2, 0) is 9.53 Å². The Kier molecular flexibility index (Phi) is 6.00. The van der Waals surface area contributed by atoms with Crippen LogP contribution in [-0.4, -0.2) is 36.1 Å². The van der Waals surface area contributed by atoms with Gasteiger partial charge in [0.1, 0.15) is 5.70 Å². The molecule has 1 aromatic heterocycles. The monoisotopic (exact) mass is 372 g/mol. The molecule has 7 heteroatoms. The zero-order chi connectivity index (χ0) is 18.5. The molecule has 1 atom stereocenters. The van der Waals surface area contributed by atoms with E-state index >= 15 is 0 Å². The van der Waals surface area contributed by atoms with Gasteiger partial charge in [0.05, 0.1) is 28.4 Å². The lowest BCUT2D eigenvalue weighted by Crippen LogP contribution is -2.29. The van der Waals surface area contributed by atoms with Gasteiger partial charge in [-0.15, -0.1) is 11.3 Å². The summed E-state index contributed by atoms with van der Waals surface area (Å²) in [7, 11) is 0. The Hall–Kier alpha value is -2.25. The van der Waals surface area contributed by atoms with Crippen molar-refractivity contribution in [3.8, 4) is 0 Å². The van der Waals surface area contributed by atoms with Gasteiger partial charge in [0.25, 0.3) is 5.91 Å². The summed E-state index contributed by atoms with van der Waals surface area (Å²) in [5, 5.41) is 5.90. The SMILES string of the molecule is CCOCC(CC(C)C)N=C1NC(=O)/C(=C/c2ccc3ncsc3c2)N1. The Balaban J connectivity index is 1.75. The molecular formula is C19H24N4O2S. The zero-order valence-corrected chi connectivity index (χ0v) is 16.1. The van der Waals surface area contributed by atoms with Crippen molar-refractivity contribution in [1.29, 1.82) is 0 Å². The quantitative estimate of drug-likeness (QED) is 0.732. The fourth-order valence-corrected chi connectivity index (χ4v) is 3.55. The van der Waals surface area contributed by atoms with E-state index in [-0.39, 0.29) is 11.9 Å². The molecule has 0 spiro atoms. The highest BCUT2D eigenvalue weighted by Crippen LogP contribution is 2.20. The fraction of sp³-hybridized carbons (Fsp3) is 0.421. The zero-order valence-electron chi connectivity index (χ0n) is 15.3. The predicted molar refractivity (Wildman–Crippen MR) is 106 cm³/mol. The van der Waals surface area contributed by atoms with Gasteiger partial charge in [0.2, 0.25) is 5.96 Å². The second-order valence-corrected chi connectivity index (χ2v) is 7.52. The first-order valence-electron chi connectivity index (χ1n) is 8.84. The van der Waals surface area contributed by atoms with Crippen molar-refractivity contribution in [2.24, 2.45) is 10.9 Å². The van der Waals surface area contributed by atoms with Gasteiger partial charge in [-0.2, -0.15) is 0 Å². The van der Waals surface area contributed by atoms with E-state index in [0.717, 1.165) is 22.2 Å². The molecule has 1 amide bonds. The lowest BCUT2D eigenvalue weighted by atomic mass is 10.1. The highest BCUT2D eigenvalue weighted by molar-refractivity contribution is 7.16. The second-order valence-electron chi connectivity index (χ2n) is 6.64. The number of benzene rings is 1. The molecule has 138 valence electrons. The van der Waals surface area contributed by atoms with Gasteiger partial charge in [0.15, 0.2) is 0 Å². The Morgan fingerprint density at radius 3 is 2.96 bits per heavy atom. The molecule has 2 N–H and O–H groups in total.